The van der Waals surface area contributed by atoms with Gasteiger partial charge in [-0.25, -0.2) is 0 Å². The van der Waals surface area contributed by atoms with Crippen LogP contribution in [0.5, 0.6) is 0 Å². The molecule has 0 atom stereocenters. The zero-order valence-corrected chi connectivity index (χ0v) is 15.7. The van der Waals surface area contributed by atoms with Crippen molar-refractivity contribution in [2.45, 2.75) is 39.5 Å². The van der Waals surface area contributed by atoms with Crippen LogP contribution in [0.15, 0.2) is 48.5 Å². The fourth-order valence-electron chi connectivity index (χ4n) is 2.54. The van der Waals surface area contributed by atoms with E-state index >= 15 is 0 Å². The lowest BCUT2D eigenvalue weighted by Crippen LogP contribution is -2.30. The van der Waals surface area contributed by atoms with Crippen LogP contribution in [0.25, 0.3) is 0 Å². The SMILES string of the molecule is Cc1ccc(CC(=O)OCC(=O)NCCc2ccc(C(C)C)cc2)cc1. The lowest BCUT2D eigenvalue weighted by molar-refractivity contribution is -0.147. The first-order chi connectivity index (χ1) is 12.4. The fraction of sp³-hybridized carbons (Fsp3) is 0.364. The van der Waals surface area contributed by atoms with Gasteiger partial charge in [-0.3, -0.25) is 9.59 Å². The minimum atomic E-state index is -0.395. The summed E-state index contributed by atoms with van der Waals surface area (Å²) in [6.07, 6.45) is 0.928. The van der Waals surface area contributed by atoms with E-state index in [4.69, 9.17) is 4.74 Å². The van der Waals surface area contributed by atoms with Gasteiger partial charge in [-0.2, -0.15) is 0 Å². The molecule has 4 nitrogen and oxygen atoms in total. The van der Waals surface area contributed by atoms with Gasteiger partial charge in [-0.05, 0) is 36.0 Å². The monoisotopic (exact) mass is 353 g/mol. The summed E-state index contributed by atoms with van der Waals surface area (Å²) >= 11 is 0. The molecule has 0 aromatic heterocycles. The van der Waals surface area contributed by atoms with Crippen LogP contribution < -0.4 is 5.32 Å². The Morgan fingerprint density at radius 3 is 2.19 bits per heavy atom. The van der Waals surface area contributed by atoms with Crippen molar-refractivity contribution in [3.05, 3.63) is 70.8 Å². The first-order valence-electron chi connectivity index (χ1n) is 9.00. The molecule has 0 bridgehead atoms. The third kappa shape index (κ3) is 6.71. The Kier molecular flexibility index (Phi) is 7.39. The molecule has 0 saturated carbocycles. The minimum Gasteiger partial charge on any atom is -0.455 e. The second-order valence-corrected chi connectivity index (χ2v) is 6.82. The summed E-state index contributed by atoms with van der Waals surface area (Å²) in [4.78, 5) is 23.6. The van der Waals surface area contributed by atoms with Gasteiger partial charge in [0.1, 0.15) is 0 Å². The molecule has 4 heteroatoms. The van der Waals surface area contributed by atoms with Crippen LogP contribution in [-0.2, 0) is 27.2 Å². The van der Waals surface area contributed by atoms with Crippen molar-refractivity contribution < 1.29 is 14.3 Å². The summed E-state index contributed by atoms with van der Waals surface area (Å²) in [6.45, 7) is 6.60. The third-order valence-corrected chi connectivity index (χ3v) is 4.22. The number of benzene rings is 2. The Hall–Kier alpha value is -2.62. The summed E-state index contributed by atoms with van der Waals surface area (Å²) in [5, 5.41) is 2.78. The summed E-state index contributed by atoms with van der Waals surface area (Å²) in [5.41, 5.74) is 4.50. The van der Waals surface area contributed by atoms with Crippen LogP contribution in [0.1, 0.15) is 42.0 Å². The predicted octanol–water partition coefficient (Wildman–Crippen LogP) is 3.56. The van der Waals surface area contributed by atoms with Crippen molar-refractivity contribution in [2.75, 3.05) is 13.2 Å². The molecule has 138 valence electrons. The van der Waals surface area contributed by atoms with Crippen molar-refractivity contribution in [3.8, 4) is 0 Å². The molecular weight excluding hydrogens is 326 g/mol. The standard InChI is InChI=1S/C22H27NO3/c1-16(2)20-10-8-18(9-11-20)12-13-23-21(24)15-26-22(25)14-19-6-4-17(3)5-7-19/h4-11,16H,12-15H2,1-3H3,(H,23,24). The maximum atomic E-state index is 11.8. The molecule has 1 amide bonds. The summed E-state index contributed by atoms with van der Waals surface area (Å²) in [6, 6.07) is 16.1. The average Bonchev–Trinajstić information content (AvgIpc) is 2.62. The number of rotatable bonds is 8. The molecule has 26 heavy (non-hydrogen) atoms. The molecule has 0 radical (unpaired) electrons. The van der Waals surface area contributed by atoms with Gasteiger partial charge in [-0.15, -0.1) is 0 Å². The highest BCUT2D eigenvalue weighted by molar-refractivity contribution is 5.81. The smallest absolute Gasteiger partial charge is 0.310 e. The molecule has 0 unspecified atom stereocenters. The number of amides is 1. The van der Waals surface area contributed by atoms with E-state index in [9.17, 15) is 9.59 Å². The van der Waals surface area contributed by atoms with Crippen LogP contribution in [-0.4, -0.2) is 25.0 Å². The summed E-state index contributed by atoms with van der Waals surface area (Å²) in [5.74, 6) is -0.160. The fourth-order valence-corrected chi connectivity index (χ4v) is 2.54. The van der Waals surface area contributed by atoms with Crippen LogP contribution in [0.2, 0.25) is 0 Å². The lowest BCUT2D eigenvalue weighted by Gasteiger charge is -2.08. The number of ether oxygens (including phenoxy) is 1. The Bertz CT molecular complexity index is 718. The molecule has 0 spiro atoms. The highest BCUT2D eigenvalue weighted by Gasteiger charge is 2.08. The van der Waals surface area contributed by atoms with Gasteiger partial charge < -0.3 is 10.1 Å². The predicted molar refractivity (Wildman–Crippen MR) is 103 cm³/mol. The molecule has 0 fully saturated rings. The van der Waals surface area contributed by atoms with E-state index < -0.39 is 5.97 Å². The van der Waals surface area contributed by atoms with Gasteiger partial charge in [0.15, 0.2) is 6.61 Å². The van der Waals surface area contributed by atoms with Crippen LogP contribution in [0, 0.1) is 6.92 Å². The van der Waals surface area contributed by atoms with Gasteiger partial charge in [0.25, 0.3) is 5.91 Å². The van der Waals surface area contributed by atoms with Crippen molar-refractivity contribution in [1.29, 1.82) is 0 Å². The highest BCUT2D eigenvalue weighted by atomic mass is 16.5. The Morgan fingerprint density at radius 1 is 0.962 bits per heavy atom. The highest BCUT2D eigenvalue weighted by Crippen LogP contribution is 2.14. The quantitative estimate of drug-likeness (QED) is 0.738. The molecular formula is C22H27NO3. The van der Waals surface area contributed by atoms with E-state index in [0.29, 0.717) is 12.5 Å². The normalized spacial score (nSPS) is 10.6. The summed E-state index contributed by atoms with van der Waals surface area (Å²) < 4.78 is 5.03. The van der Waals surface area contributed by atoms with Gasteiger partial charge >= 0.3 is 5.97 Å². The number of nitrogens with one attached hydrogen (secondary N) is 1. The Balaban J connectivity index is 1.65. The molecule has 0 aliphatic rings. The molecule has 2 aromatic carbocycles. The minimum absolute atomic E-state index is 0.176. The van der Waals surface area contributed by atoms with E-state index in [1.54, 1.807) is 0 Å². The number of hydrogen-bond donors (Lipinski definition) is 1. The van der Waals surface area contributed by atoms with E-state index in [0.717, 1.165) is 17.5 Å². The zero-order chi connectivity index (χ0) is 18.9. The number of carbonyl (C=O) groups excluding carboxylic acids is 2. The first kappa shape index (κ1) is 19.7. The summed E-state index contributed by atoms with van der Waals surface area (Å²) in [7, 11) is 0. The maximum absolute atomic E-state index is 11.8. The molecule has 0 saturated heterocycles. The Labute approximate surface area is 155 Å². The molecule has 0 aliphatic heterocycles. The second kappa shape index (κ2) is 9.76. The van der Waals surface area contributed by atoms with Crippen LogP contribution >= 0.6 is 0 Å². The zero-order valence-electron chi connectivity index (χ0n) is 15.7. The molecule has 2 aromatic rings. The second-order valence-electron chi connectivity index (χ2n) is 6.82. The van der Waals surface area contributed by atoms with Gasteiger partial charge in [-0.1, -0.05) is 67.9 Å². The van der Waals surface area contributed by atoms with E-state index in [1.807, 2.05) is 31.2 Å². The molecule has 2 rings (SSSR count). The van der Waals surface area contributed by atoms with Crippen LogP contribution in [0.4, 0.5) is 0 Å². The van der Waals surface area contributed by atoms with Crippen molar-refractivity contribution in [2.24, 2.45) is 0 Å². The third-order valence-electron chi connectivity index (χ3n) is 4.22. The molecule has 0 heterocycles. The number of esters is 1. The van der Waals surface area contributed by atoms with Gasteiger partial charge in [0.2, 0.25) is 0 Å². The van der Waals surface area contributed by atoms with Gasteiger partial charge in [0.05, 0.1) is 6.42 Å². The molecule has 0 aliphatic carbocycles. The molecule has 1 N–H and O–H groups in total. The van der Waals surface area contributed by atoms with Crippen molar-refractivity contribution in [3.63, 3.8) is 0 Å². The van der Waals surface area contributed by atoms with Crippen LogP contribution in [0.3, 0.4) is 0 Å². The van der Waals surface area contributed by atoms with Gasteiger partial charge in [0, 0.05) is 6.54 Å². The van der Waals surface area contributed by atoms with Crippen molar-refractivity contribution >= 4 is 11.9 Å². The van der Waals surface area contributed by atoms with E-state index in [1.165, 1.54) is 11.1 Å². The average molecular weight is 353 g/mol. The Morgan fingerprint density at radius 2 is 1.58 bits per heavy atom. The number of hydrogen-bond acceptors (Lipinski definition) is 3. The largest absolute Gasteiger partial charge is 0.455 e. The number of aryl methyl sites for hydroxylation is 1. The number of carbonyl (C=O) groups is 2. The maximum Gasteiger partial charge on any atom is 0.310 e. The lowest BCUT2D eigenvalue weighted by atomic mass is 10.0. The first-order valence-corrected chi connectivity index (χ1v) is 9.00. The topological polar surface area (TPSA) is 55.4 Å². The van der Waals surface area contributed by atoms with Crippen molar-refractivity contribution in [1.82, 2.24) is 5.32 Å². The van der Waals surface area contributed by atoms with E-state index in [2.05, 4.69) is 43.4 Å². The van der Waals surface area contributed by atoms with E-state index in [-0.39, 0.29) is 18.9 Å².